The predicted octanol–water partition coefficient (Wildman–Crippen LogP) is 2.60. The molecule has 0 saturated heterocycles. The van der Waals surface area contributed by atoms with E-state index in [0.29, 0.717) is 0 Å². The van der Waals surface area contributed by atoms with Crippen LogP contribution in [-0.4, -0.2) is 18.6 Å². The first-order valence-corrected chi connectivity index (χ1v) is 5.61. The molecule has 0 unspecified atom stereocenters. The maximum Gasteiger partial charge on any atom is 0.0303 e. The van der Waals surface area contributed by atoms with E-state index in [0.717, 1.165) is 22.8 Å². The number of likely N-dealkylation sites (N-methyl/N-ethyl adjacent to an activating group) is 1. The van der Waals surface area contributed by atoms with Crippen molar-refractivity contribution in [1.82, 2.24) is 10.3 Å². The Labute approximate surface area is 95.5 Å². The molecule has 1 rings (SSSR count). The number of hydrogen-bond donors (Lipinski definition) is 1. The molecule has 2 nitrogen and oxygen atoms in total. The van der Waals surface area contributed by atoms with E-state index in [2.05, 4.69) is 29.5 Å². The predicted molar refractivity (Wildman–Crippen MR) is 67.7 cm³/mol. The first kappa shape index (κ1) is 12.0. The van der Waals surface area contributed by atoms with Gasteiger partial charge in [-0.3, -0.25) is 4.98 Å². The topological polar surface area (TPSA) is 24.9 Å². The van der Waals surface area contributed by atoms with Gasteiger partial charge >= 0.3 is 0 Å². The van der Waals surface area contributed by atoms with Gasteiger partial charge in [-0.2, -0.15) is 0 Å². The number of rotatable bonds is 6. The summed E-state index contributed by atoms with van der Waals surface area (Å²) in [5.41, 5.74) is 1.19. The quantitative estimate of drug-likeness (QED) is 0.797. The van der Waals surface area contributed by atoms with Crippen molar-refractivity contribution in [3.63, 3.8) is 0 Å². The Morgan fingerprint density at radius 1 is 1.47 bits per heavy atom. The lowest BCUT2D eigenvalue weighted by molar-refractivity contribution is 0.913. The molecule has 0 aliphatic carbocycles. The van der Waals surface area contributed by atoms with E-state index in [1.54, 1.807) is 18.0 Å². The summed E-state index contributed by atoms with van der Waals surface area (Å²) < 4.78 is 0. The summed E-state index contributed by atoms with van der Waals surface area (Å²) in [4.78, 5) is 6.26. The van der Waals surface area contributed by atoms with Gasteiger partial charge < -0.3 is 5.32 Å². The van der Waals surface area contributed by atoms with Crippen LogP contribution in [0.3, 0.4) is 0 Å². The Balaban J connectivity index is 2.40. The fraction of sp³-hybridized carbons (Fsp3) is 0.250. The van der Waals surface area contributed by atoms with Gasteiger partial charge in [-0.25, -0.2) is 0 Å². The zero-order valence-corrected chi connectivity index (χ0v) is 9.81. The van der Waals surface area contributed by atoms with Gasteiger partial charge in [0.15, 0.2) is 0 Å². The Morgan fingerprint density at radius 3 is 2.87 bits per heavy atom. The van der Waals surface area contributed by atoms with Gasteiger partial charge in [-0.1, -0.05) is 31.0 Å². The summed E-state index contributed by atoms with van der Waals surface area (Å²) in [6.45, 7) is 8.79. The number of aromatic nitrogens is 1. The summed E-state index contributed by atoms with van der Waals surface area (Å²) in [7, 11) is 1.91. The third kappa shape index (κ3) is 4.81. The highest BCUT2D eigenvalue weighted by molar-refractivity contribution is 8.06. The normalized spacial score (nSPS) is 9.93. The van der Waals surface area contributed by atoms with Gasteiger partial charge in [-0.15, -0.1) is 0 Å². The second-order valence-electron chi connectivity index (χ2n) is 3.25. The molecule has 0 amide bonds. The number of allylic oxidation sites excluding steroid dienone is 1. The smallest absolute Gasteiger partial charge is 0.0303 e. The molecule has 3 heteroatoms. The highest BCUT2D eigenvalue weighted by Gasteiger charge is 2.00. The van der Waals surface area contributed by atoms with Crippen LogP contribution < -0.4 is 5.32 Å². The van der Waals surface area contributed by atoms with Crippen molar-refractivity contribution in [3.8, 4) is 0 Å². The molecule has 0 aliphatic rings. The van der Waals surface area contributed by atoms with E-state index in [1.807, 2.05) is 19.3 Å². The van der Waals surface area contributed by atoms with Crippen LogP contribution in [0.25, 0.3) is 0 Å². The molecular weight excluding hydrogens is 204 g/mol. The van der Waals surface area contributed by atoms with Crippen LogP contribution >= 0.6 is 11.8 Å². The van der Waals surface area contributed by atoms with Gasteiger partial charge in [0.2, 0.25) is 0 Å². The van der Waals surface area contributed by atoms with E-state index in [1.165, 1.54) is 5.56 Å². The van der Waals surface area contributed by atoms with E-state index in [9.17, 15) is 0 Å². The number of hydrogen-bond acceptors (Lipinski definition) is 3. The first-order chi connectivity index (χ1) is 7.22. The monoisotopic (exact) mass is 220 g/mol. The minimum absolute atomic E-state index is 0.816. The SMILES string of the molecule is C=C(CNC)SC(=C)Cc1cccnc1. The first-order valence-electron chi connectivity index (χ1n) is 4.79. The maximum absolute atomic E-state index is 4.07. The van der Waals surface area contributed by atoms with E-state index >= 15 is 0 Å². The molecular formula is C12H16N2S. The molecule has 0 radical (unpaired) electrons. The number of nitrogens with zero attached hydrogens (tertiary/aromatic N) is 1. The second kappa shape index (κ2) is 6.43. The Hall–Kier alpha value is -1.06. The van der Waals surface area contributed by atoms with Crippen molar-refractivity contribution in [3.05, 3.63) is 53.1 Å². The highest BCUT2D eigenvalue weighted by Crippen LogP contribution is 2.24. The van der Waals surface area contributed by atoms with E-state index < -0.39 is 0 Å². The largest absolute Gasteiger partial charge is 0.315 e. The van der Waals surface area contributed by atoms with Crippen LogP contribution in [0.2, 0.25) is 0 Å². The molecule has 0 bridgehead atoms. The van der Waals surface area contributed by atoms with Crippen molar-refractivity contribution in [2.75, 3.05) is 13.6 Å². The van der Waals surface area contributed by atoms with Gasteiger partial charge in [-0.05, 0) is 28.5 Å². The zero-order valence-electron chi connectivity index (χ0n) is 8.99. The third-order valence-electron chi connectivity index (χ3n) is 1.79. The average molecular weight is 220 g/mol. The maximum atomic E-state index is 4.07. The van der Waals surface area contributed by atoms with Crippen LogP contribution in [0.1, 0.15) is 5.56 Å². The lowest BCUT2D eigenvalue weighted by atomic mass is 10.2. The fourth-order valence-electron chi connectivity index (χ4n) is 1.20. The minimum atomic E-state index is 0.816. The Morgan fingerprint density at radius 2 is 2.27 bits per heavy atom. The van der Waals surface area contributed by atoms with Crippen molar-refractivity contribution in [1.29, 1.82) is 0 Å². The summed E-state index contributed by atoms with van der Waals surface area (Å²) in [6.07, 6.45) is 4.49. The highest BCUT2D eigenvalue weighted by atomic mass is 32.2. The van der Waals surface area contributed by atoms with E-state index in [4.69, 9.17) is 0 Å². The fourth-order valence-corrected chi connectivity index (χ4v) is 2.07. The molecule has 0 aromatic carbocycles. The van der Waals surface area contributed by atoms with Crippen LogP contribution in [0.5, 0.6) is 0 Å². The van der Waals surface area contributed by atoms with Crippen molar-refractivity contribution in [2.45, 2.75) is 6.42 Å². The molecule has 0 spiro atoms. The molecule has 1 aromatic rings. The second-order valence-corrected chi connectivity index (χ2v) is 4.61. The standard InChI is InChI=1S/C12H16N2S/c1-10(15-11(2)8-13-3)7-12-5-4-6-14-9-12/h4-6,9,13H,1-2,7-8H2,3H3. The number of pyridine rings is 1. The van der Waals surface area contributed by atoms with Gasteiger partial charge in [0.25, 0.3) is 0 Å². The van der Waals surface area contributed by atoms with Gasteiger partial charge in [0, 0.05) is 25.4 Å². The molecule has 80 valence electrons. The number of thioether (sulfide) groups is 1. The summed E-state index contributed by atoms with van der Waals surface area (Å²) >= 11 is 1.64. The lowest BCUT2D eigenvalue weighted by Gasteiger charge is -2.07. The molecule has 15 heavy (non-hydrogen) atoms. The molecule has 0 atom stereocenters. The van der Waals surface area contributed by atoms with Crippen molar-refractivity contribution >= 4 is 11.8 Å². The molecule has 0 fully saturated rings. The summed E-state index contributed by atoms with van der Waals surface area (Å²) in [5.74, 6) is 0. The lowest BCUT2D eigenvalue weighted by Crippen LogP contribution is -2.08. The number of nitrogens with one attached hydrogen (secondary N) is 1. The zero-order chi connectivity index (χ0) is 11.1. The van der Waals surface area contributed by atoms with Crippen molar-refractivity contribution < 1.29 is 0 Å². The van der Waals surface area contributed by atoms with Gasteiger partial charge in [0.05, 0.1) is 0 Å². The molecule has 1 aromatic heterocycles. The average Bonchev–Trinajstić information content (AvgIpc) is 2.19. The van der Waals surface area contributed by atoms with E-state index in [-0.39, 0.29) is 0 Å². The minimum Gasteiger partial charge on any atom is -0.315 e. The molecule has 1 heterocycles. The Kier molecular flexibility index (Phi) is 5.15. The third-order valence-corrected chi connectivity index (χ3v) is 2.65. The van der Waals surface area contributed by atoms with Crippen LogP contribution in [0.15, 0.2) is 47.5 Å². The van der Waals surface area contributed by atoms with Crippen molar-refractivity contribution in [2.24, 2.45) is 0 Å². The van der Waals surface area contributed by atoms with Crippen LogP contribution in [0, 0.1) is 0 Å². The molecule has 0 saturated carbocycles. The van der Waals surface area contributed by atoms with Crippen LogP contribution in [-0.2, 0) is 6.42 Å². The van der Waals surface area contributed by atoms with Crippen LogP contribution in [0.4, 0.5) is 0 Å². The summed E-state index contributed by atoms with van der Waals surface area (Å²) in [5, 5.41) is 3.06. The molecule has 1 N–H and O–H groups in total. The molecule has 0 aliphatic heterocycles. The van der Waals surface area contributed by atoms with Gasteiger partial charge in [0.1, 0.15) is 0 Å². The Bertz CT molecular complexity index is 333. The summed E-state index contributed by atoms with van der Waals surface area (Å²) in [6, 6.07) is 4.00.